The van der Waals surface area contributed by atoms with E-state index in [1.807, 2.05) is 31.2 Å². The Hall–Kier alpha value is -2.84. The number of ether oxygens (including phenoxy) is 1. The number of piperazine rings is 2. The topological polar surface area (TPSA) is 127 Å². The van der Waals surface area contributed by atoms with Gasteiger partial charge in [-0.1, -0.05) is 11.8 Å². The molecule has 12 nitrogen and oxygen atoms in total. The molecule has 1 aromatic rings. The van der Waals surface area contributed by atoms with Gasteiger partial charge in [0.15, 0.2) is 0 Å². The van der Waals surface area contributed by atoms with E-state index in [4.69, 9.17) is 10.5 Å². The number of likely N-dealkylation sites (N-methyl/N-ethyl adjacent to an activating group) is 1. The van der Waals surface area contributed by atoms with E-state index in [-0.39, 0.29) is 23.4 Å². The standard InChI is InChI=1S/C29H46N8O4S/c1-4-37-27(39)24(42-29(37)26(30)28(40)36-17-15-35(16-18-36)19-20-41-3)21-31-22-5-7-23(8-6-22)32-25(38)9-10-34-13-11-33(2)12-14-34/h5-8,24,31H,4,9-21,30H2,1-3H3,(H,32,38)/b29-26+/t24-/m1/s1. The summed E-state index contributed by atoms with van der Waals surface area (Å²) >= 11 is 1.34. The van der Waals surface area contributed by atoms with E-state index < -0.39 is 5.25 Å². The van der Waals surface area contributed by atoms with Crippen molar-refractivity contribution in [1.82, 2.24) is 24.5 Å². The van der Waals surface area contributed by atoms with Crippen LogP contribution >= 0.6 is 11.8 Å². The van der Waals surface area contributed by atoms with Crippen molar-refractivity contribution in [1.29, 1.82) is 0 Å². The molecule has 0 bridgehead atoms. The molecule has 13 heteroatoms. The summed E-state index contributed by atoms with van der Waals surface area (Å²) in [4.78, 5) is 49.1. The van der Waals surface area contributed by atoms with E-state index in [0.29, 0.717) is 44.2 Å². The second-order valence-corrected chi connectivity index (χ2v) is 12.1. The molecule has 4 rings (SSSR count). The fourth-order valence-electron chi connectivity index (χ4n) is 5.25. The lowest BCUT2D eigenvalue weighted by Crippen LogP contribution is -2.50. The predicted octanol–water partition coefficient (Wildman–Crippen LogP) is 0.557. The molecule has 232 valence electrons. The van der Waals surface area contributed by atoms with E-state index in [0.717, 1.165) is 63.7 Å². The quantitative estimate of drug-likeness (QED) is 0.292. The normalized spacial score (nSPS) is 22.0. The van der Waals surface area contributed by atoms with Crippen molar-refractivity contribution in [3.63, 3.8) is 0 Å². The summed E-state index contributed by atoms with van der Waals surface area (Å²) in [6.07, 6.45) is 0.463. The molecule has 1 atom stereocenters. The zero-order chi connectivity index (χ0) is 30.1. The minimum absolute atomic E-state index is 0.00155. The molecule has 0 spiro atoms. The van der Waals surface area contributed by atoms with Gasteiger partial charge in [0.25, 0.3) is 5.91 Å². The Balaban J connectivity index is 1.25. The smallest absolute Gasteiger partial charge is 0.272 e. The minimum atomic E-state index is -0.397. The van der Waals surface area contributed by atoms with Crippen LogP contribution in [0.5, 0.6) is 0 Å². The summed E-state index contributed by atoms with van der Waals surface area (Å²) in [6, 6.07) is 7.49. The van der Waals surface area contributed by atoms with E-state index in [1.165, 1.54) is 11.8 Å². The molecule has 0 aromatic heterocycles. The zero-order valence-corrected chi connectivity index (χ0v) is 26.0. The highest BCUT2D eigenvalue weighted by atomic mass is 32.2. The molecule has 0 unspecified atom stereocenters. The second kappa shape index (κ2) is 15.6. The van der Waals surface area contributed by atoms with E-state index in [2.05, 4.69) is 32.4 Å². The minimum Gasteiger partial charge on any atom is -0.392 e. The number of carbonyl (C=O) groups excluding carboxylic acids is 3. The molecule has 3 aliphatic rings. The van der Waals surface area contributed by atoms with Gasteiger partial charge in [-0.15, -0.1) is 0 Å². The first-order valence-corrected chi connectivity index (χ1v) is 15.7. The highest BCUT2D eigenvalue weighted by molar-refractivity contribution is 8.04. The van der Waals surface area contributed by atoms with Gasteiger partial charge in [-0.3, -0.25) is 19.3 Å². The van der Waals surface area contributed by atoms with E-state index >= 15 is 0 Å². The van der Waals surface area contributed by atoms with Gasteiger partial charge in [0.2, 0.25) is 11.8 Å². The van der Waals surface area contributed by atoms with Crippen molar-refractivity contribution in [2.24, 2.45) is 5.73 Å². The third-order valence-electron chi connectivity index (χ3n) is 8.00. The highest BCUT2D eigenvalue weighted by Gasteiger charge is 2.39. The third kappa shape index (κ3) is 8.60. The van der Waals surface area contributed by atoms with Gasteiger partial charge in [0, 0.05) is 103 Å². The summed E-state index contributed by atoms with van der Waals surface area (Å²) in [6.45, 7) is 11.8. The van der Waals surface area contributed by atoms with Crippen molar-refractivity contribution in [2.75, 3.05) is 110 Å². The largest absolute Gasteiger partial charge is 0.392 e. The summed E-state index contributed by atoms with van der Waals surface area (Å²) in [5.41, 5.74) is 8.09. The van der Waals surface area contributed by atoms with Gasteiger partial charge < -0.3 is 40.7 Å². The lowest BCUT2D eigenvalue weighted by Gasteiger charge is -2.34. The Bertz CT molecular complexity index is 1100. The number of nitrogens with zero attached hydrogens (tertiary/aromatic N) is 5. The fraction of sp³-hybridized carbons (Fsp3) is 0.621. The molecule has 0 radical (unpaired) electrons. The van der Waals surface area contributed by atoms with Gasteiger partial charge in [0.1, 0.15) is 16.0 Å². The zero-order valence-electron chi connectivity index (χ0n) is 25.1. The van der Waals surface area contributed by atoms with Crippen LogP contribution < -0.4 is 16.4 Å². The summed E-state index contributed by atoms with van der Waals surface area (Å²) < 4.78 is 5.15. The van der Waals surface area contributed by atoms with Crippen molar-refractivity contribution >= 4 is 40.9 Å². The van der Waals surface area contributed by atoms with Crippen LogP contribution in [0.2, 0.25) is 0 Å². The number of carbonyl (C=O) groups is 3. The molecule has 3 saturated heterocycles. The number of benzene rings is 1. The van der Waals surface area contributed by atoms with Crippen LogP contribution in [0.15, 0.2) is 35.0 Å². The lowest BCUT2D eigenvalue weighted by molar-refractivity contribution is -0.129. The van der Waals surface area contributed by atoms with Crippen LogP contribution in [0.25, 0.3) is 0 Å². The Kier molecular flexibility index (Phi) is 11.9. The van der Waals surface area contributed by atoms with Gasteiger partial charge in [-0.2, -0.15) is 0 Å². The first-order valence-electron chi connectivity index (χ1n) is 14.8. The number of thioether (sulfide) groups is 1. The average molecular weight is 603 g/mol. The van der Waals surface area contributed by atoms with Crippen LogP contribution in [0.4, 0.5) is 11.4 Å². The Morgan fingerprint density at radius 1 is 0.976 bits per heavy atom. The van der Waals surface area contributed by atoms with Crippen LogP contribution in [-0.4, -0.2) is 147 Å². The van der Waals surface area contributed by atoms with Crippen LogP contribution in [0.3, 0.4) is 0 Å². The Labute approximate surface area is 253 Å². The summed E-state index contributed by atoms with van der Waals surface area (Å²) in [5.74, 6) is -0.277. The summed E-state index contributed by atoms with van der Waals surface area (Å²) in [5, 5.41) is 6.43. The third-order valence-corrected chi connectivity index (χ3v) is 9.32. The van der Waals surface area contributed by atoms with Gasteiger partial charge in [-0.25, -0.2) is 0 Å². The molecule has 3 fully saturated rings. The molecule has 3 aliphatic heterocycles. The monoisotopic (exact) mass is 602 g/mol. The van der Waals surface area contributed by atoms with Crippen LogP contribution in [0, 0.1) is 0 Å². The molecule has 42 heavy (non-hydrogen) atoms. The highest BCUT2D eigenvalue weighted by Crippen LogP contribution is 2.36. The maximum atomic E-state index is 13.2. The summed E-state index contributed by atoms with van der Waals surface area (Å²) in [7, 11) is 3.81. The SMILES string of the molecule is CCN1C(=O)[C@@H](CNc2ccc(NC(=O)CCN3CCN(C)CC3)cc2)S/C1=C(/N)C(=O)N1CCN(CCOC)CC1. The Morgan fingerprint density at radius 2 is 1.60 bits per heavy atom. The molecule has 0 saturated carbocycles. The Morgan fingerprint density at radius 3 is 2.24 bits per heavy atom. The molecule has 0 aliphatic carbocycles. The molecule has 1 aromatic carbocycles. The predicted molar refractivity (Wildman–Crippen MR) is 167 cm³/mol. The molecular formula is C29H46N8O4S. The number of hydrogen-bond acceptors (Lipinski definition) is 10. The van der Waals surface area contributed by atoms with Crippen LogP contribution in [-0.2, 0) is 19.1 Å². The average Bonchev–Trinajstić information content (AvgIpc) is 3.33. The lowest BCUT2D eigenvalue weighted by atomic mass is 10.2. The number of nitrogens with two attached hydrogens (primary N) is 1. The maximum Gasteiger partial charge on any atom is 0.272 e. The first kappa shape index (κ1) is 32.1. The fourth-order valence-corrected chi connectivity index (χ4v) is 6.48. The second-order valence-electron chi connectivity index (χ2n) is 10.9. The number of amides is 3. The van der Waals surface area contributed by atoms with Crippen molar-refractivity contribution < 1.29 is 19.1 Å². The number of anilines is 2. The van der Waals surface area contributed by atoms with Gasteiger partial charge >= 0.3 is 0 Å². The molecule has 3 heterocycles. The van der Waals surface area contributed by atoms with Crippen molar-refractivity contribution in [3.8, 4) is 0 Å². The molecular weight excluding hydrogens is 556 g/mol. The number of rotatable bonds is 12. The van der Waals surface area contributed by atoms with Gasteiger partial charge in [0.05, 0.1) is 6.61 Å². The van der Waals surface area contributed by atoms with Crippen molar-refractivity contribution in [2.45, 2.75) is 18.6 Å². The van der Waals surface area contributed by atoms with Crippen molar-refractivity contribution in [3.05, 3.63) is 35.0 Å². The molecule has 3 amide bonds. The van der Waals surface area contributed by atoms with Crippen LogP contribution in [0.1, 0.15) is 13.3 Å². The first-order chi connectivity index (χ1) is 20.3. The molecule has 4 N–H and O–H groups in total. The van der Waals surface area contributed by atoms with E-state index in [1.54, 1.807) is 16.9 Å². The number of nitrogens with one attached hydrogen (secondary N) is 2. The van der Waals surface area contributed by atoms with E-state index in [9.17, 15) is 14.4 Å². The number of methoxy groups -OCH3 is 1. The maximum absolute atomic E-state index is 13.2. The van der Waals surface area contributed by atoms with Gasteiger partial charge in [-0.05, 0) is 38.2 Å². The number of hydrogen-bond donors (Lipinski definition) is 3.